The van der Waals surface area contributed by atoms with E-state index in [0.717, 1.165) is 19.3 Å². The average molecular weight is 831 g/mol. The van der Waals surface area contributed by atoms with E-state index < -0.39 is 53.5 Å². The lowest BCUT2D eigenvalue weighted by Crippen LogP contribution is -2.59. The van der Waals surface area contributed by atoms with Crippen LogP contribution in [0.25, 0.3) is 0 Å². The summed E-state index contributed by atoms with van der Waals surface area (Å²) in [5, 5.41) is 0. The van der Waals surface area contributed by atoms with Crippen LogP contribution in [0.5, 0.6) is 0 Å². The Kier molecular flexibility index (Phi) is 14.4. The number of methoxy groups -OCH3 is 3. The second-order valence-electron chi connectivity index (χ2n) is 17.0. The van der Waals surface area contributed by atoms with Crippen molar-refractivity contribution in [2.45, 2.75) is 164 Å². The van der Waals surface area contributed by atoms with Crippen LogP contribution in [0.15, 0.2) is 11.6 Å². The van der Waals surface area contributed by atoms with Crippen molar-refractivity contribution in [2.75, 3.05) is 35.4 Å². The molecule has 3 aliphatic carbocycles. The molecule has 2 saturated carbocycles. The van der Waals surface area contributed by atoms with E-state index in [1.54, 1.807) is 21.3 Å². The monoisotopic (exact) mass is 829 g/mol. The number of Topliss-reactive ketones (excluding diaryl/α,β-unsaturated/α-hetero) is 1. The molecule has 3 heterocycles. The predicted octanol–water partition coefficient (Wildman–Crippen LogP) is 6.03. The summed E-state index contributed by atoms with van der Waals surface area (Å²) in [7, 11) is 9.00. The lowest BCUT2D eigenvalue weighted by Gasteiger charge is -2.44. The first-order chi connectivity index (χ1) is 25.8. The fraction of sp³-hybridized carbons (Fsp3) is 0.902. The molecule has 3 saturated heterocycles. The fourth-order valence-corrected chi connectivity index (χ4v) is 11.9. The first-order valence-corrected chi connectivity index (χ1v) is 21.3. The van der Waals surface area contributed by atoms with Crippen molar-refractivity contribution in [3.05, 3.63) is 11.6 Å². The Bertz CT molecular complexity index is 1320. The minimum atomic E-state index is -1.27. The van der Waals surface area contributed by atoms with Crippen molar-refractivity contribution in [1.29, 1.82) is 0 Å². The number of cyclic esters (lactones) is 1. The SMILES string of the molecule is CC[C@H]1CCC[C@H](O[C@H]2CC[C@H](N(C)C)C(C)O2)[C@@H](C)C(=O)C2=C[C@H]3[C@@H]4C[C@H](O[C@@H]5OC(C)[C@H](OC)C(OC)C5OC)C[C@H]4C(Br)C(F)[C@H]3[C@@H]2CC(=O)O1. The highest BCUT2D eigenvalue weighted by Crippen LogP contribution is 2.59. The van der Waals surface area contributed by atoms with Crippen molar-refractivity contribution in [1.82, 2.24) is 4.90 Å². The topological polar surface area (TPSA) is 111 Å². The first kappa shape index (κ1) is 42.6. The van der Waals surface area contributed by atoms with Crippen LogP contribution < -0.4 is 0 Å². The lowest BCUT2D eigenvalue weighted by atomic mass is 9.65. The molecule has 0 aromatic rings. The number of hydrogen-bond donors (Lipinski definition) is 0. The molecule has 0 spiro atoms. The smallest absolute Gasteiger partial charge is 0.306 e. The van der Waals surface area contributed by atoms with Crippen LogP contribution in [-0.2, 0) is 47.5 Å². The van der Waals surface area contributed by atoms with E-state index in [1.807, 2.05) is 26.8 Å². The van der Waals surface area contributed by atoms with Crippen LogP contribution >= 0.6 is 15.9 Å². The zero-order valence-corrected chi connectivity index (χ0v) is 35.3. The van der Waals surface area contributed by atoms with E-state index in [0.29, 0.717) is 43.7 Å². The molecule has 19 atom stereocenters. The minimum Gasteiger partial charge on any atom is -0.462 e. The summed E-state index contributed by atoms with van der Waals surface area (Å²) in [5.41, 5.74) is 0.548. The number of alkyl halides is 2. The normalized spacial score (nSPS) is 47.6. The Labute approximate surface area is 330 Å². The van der Waals surface area contributed by atoms with Crippen LogP contribution in [0.4, 0.5) is 4.39 Å². The number of nitrogens with zero attached hydrogens (tertiary/aromatic N) is 1. The summed E-state index contributed by atoms with van der Waals surface area (Å²) in [6.07, 6.45) is 2.95. The summed E-state index contributed by atoms with van der Waals surface area (Å²) in [6, 6.07) is 0.301. The standard InChI is InChI=1S/C41H65BrFNO10/c1-10-23-12-11-13-31(54-33-15-14-30(44(5)6)21(3)50-33)20(2)37(46)29-18-26-25-16-24(53-41-40(49-9)39(48-8)38(47-7)22(4)51-41)17-28(25)35(42)36(43)34(26)27(29)19-32(45)52-23/h18,20-28,30-31,33-36,38-41H,10-17,19H2,1-9H3/t20-,21?,22?,23+,24+,25+,26+,27-,28-,30+,31+,33+,34-,35?,36?,38+,39?,40?,41+/m1/s1. The van der Waals surface area contributed by atoms with Gasteiger partial charge in [0.25, 0.3) is 0 Å². The molecule has 5 fully saturated rings. The maximum absolute atomic E-state index is 16.9. The molecule has 0 bridgehead atoms. The highest BCUT2D eigenvalue weighted by Gasteiger charge is 2.60. The molecule has 0 radical (unpaired) electrons. The summed E-state index contributed by atoms with van der Waals surface area (Å²) >= 11 is 3.79. The van der Waals surface area contributed by atoms with Crippen molar-refractivity contribution >= 4 is 27.7 Å². The number of esters is 1. The quantitative estimate of drug-likeness (QED) is 0.201. The van der Waals surface area contributed by atoms with Gasteiger partial charge < -0.3 is 42.8 Å². The van der Waals surface area contributed by atoms with Crippen LogP contribution in [0.3, 0.4) is 0 Å². The number of halogens is 2. The van der Waals surface area contributed by atoms with E-state index in [4.69, 9.17) is 37.9 Å². The second kappa shape index (κ2) is 18.3. The summed E-state index contributed by atoms with van der Waals surface area (Å²) < 4.78 is 66.3. The van der Waals surface area contributed by atoms with Crippen LogP contribution in [0.1, 0.15) is 85.5 Å². The number of allylic oxidation sites excluding steroid dienone is 2. The van der Waals surface area contributed by atoms with Gasteiger partial charge in [0, 0.05) is 50.0 Å². The van der Waals surface area contributed by atoms with Crippen LogP contribution in [0, 0.1) is 35.5 Å². The zero-order valence-electron chi connectivity index (χ0n) is 33.7. The first-order valence-electron chi connectivity index (χ1n) is 20.4. The maximum atomic E-state index is 16.9. The average Bonchev–Trinajstić information content (AvgIpc) is 3.73. The molecule has 0 aromatic carbocycles. The lowest BCUT2D eigenvalue weighted by molar-refractivity contribution is -0.314. The highest BCUT2D eigenvalue weighted by molar-refractivity contribution is 9.09. The number of likely N-dealkylation sites (N-methyl/N-ethyl adjacent to an activating group) is 1. The number of ether oxygens (including phenoxy) is 8. The molecule has 6 rings (SSSR count). The molecular formula is C41H65BrFNO10. The molecule has 6 aliphatic rings. The van der Waals surface area contributed by atoms with Gasteiger partial charge in [0.15, 0.2) is 18.4 Å². The Balaban J connectivity index is 1.25. The van der Waals surface area contributed by atoms with Gasteiger partial charge in [0.1, 0.15) is 30.6 Å². The van der Waals surface area contributed by atoms with Gasteiger partial charge in [-0.2, -0.15) is 0 Å². The van der Waals surface area contributed by atoms with E-state index in [1.165, 1.54) is 0 Å². The Morgan fingerprint density at radius 2 is 1.59 bits per heavy atom. The second-order valence-corrected chi connectivity index (χ2v) is 18.1. The van der Waals surface area contributed by atoms with E-state index >= 15 is 4.39 Å². The van der Waals surface area contributed by atoms with Gasteiger partial charge in [0.05, 0.1) is 30.8 Å². The van der Waals surface area contributed by atoms with Crippen molar-refractivity contribution < 1.29 is 51.9 Å². The summed E-state index contributed by atoms with van der Waals surface area (Å²) in [6.45, 7) is 7.96. The Morgan fingerprint density at radius 3 is 2.24 bits per heavy atom. The predicted molar refractivity (Wildman–Crippen MR) is 203 cm³/mol. The molecule has 13 heteroatoms. The van der Waals surface area contributed by atoms with Crippen LogP contribution in [-0.4, -0.2) is 131 Å². The van der Waals surface area contributed by atoms with Gasteiger partial charge in [-0.3, -0.25) is 9.59 Å². The minimum absolute atomic E-state index is 0.00655. The van der Waals surface area contributed by atoms with Gasteiger partial charge in [-0.1, -0.05) is 35.9 Å². The van der Waals surface area contributed by atoms with Crippen molar-refractivity contribution in [2.24, 2.45) is 35.5 Å². The largest absolute Gasteiger partial charge is 0.462 e. The molecule has 308 valence electrons. The van der Waals surface area contributed by atoms with Gasteiger partial charge >= 0.3 is 5.97 Å². The number of rotatable bonds is 9. The molecule has 0 N–H and O–H groups in total. The van der Waals surface area contributed by atoms with Gasteiger partial charge in [0.2, 0.25) is 0 Å². The van der Waals surface area contributed by atoms with Gasteiger partial charge in [-0.15, -0.1) is 0 Å². The Morgan fingerprint density at radius 1 is 0.889 bits per heavy atom. The third-order valence-corrected chi connectivity index (χ3v) is 14.9. The number of carbonyl (C=O) groups is 2. The molecular weight excluding hydrogens is 765 g/mol. The maximum Gasteiger partial charge on any atom is 0.306 e. The highest BCUT2D eigenvalue weighted by atomic mass is 79.9. The van der Waals surface area contributed by atoms with E-state index in [2.05, 4.69) is 41.8 Å². The van der Waals surface area contributed by atoms with E-state index in [-0.39, 0.29) is 72.6 Å². The van der Waals surface area contributed by atoms with Gasteiger partial charge in [-0.25, -0.2) is 4.39 Å². The molecule has 6 unspecified atom stereocenters. The fourth-order valence-electron chi connectivity index (χ4n) is 10.9. The number of ketones is 1. The molecule has 54 heavy (non-hydrogen) atoms. The molecule has 3 aliphatic heterocycles. The van der Waals surface area contributed by atoms with E-state index in [9.17, 15) is 9.59 Å². The summed E-state index contributed by atoms with van der Waals surface area (Å²) in [5.74, 6) is -2.29. The number of hydrogen-bond acceptors (Lipinski definition) is 11. The zero-order chi connectivity index (χ0) is 39.0. The summed E-state index contributed by atoms with van der Waals surface area (Å²) in [4.78, 5) is 30.0. The number of carbonyl (C=O) groups excluding carboxylic acids is 2. The van der Waals surface area contributed by atoms with Crippen molar-refractivity contribution in [3.8, 4) is 0 Å². The Hall–Kier alpha value is -1.03. The molecule has 0 aromatic heterocycles. The number of fused-ring (bicyclic) bond motifs is 5. The third-order valence-electron chi connectivity index (χ3n) is 13.8. The third kappa shape index (κ3) is 8.56. The van der Waals surface area contributed by atoms with Crippen LogP contribution in [0.2, 0.25) is 0 Å². The van der Waals surface area contributed by atoms with Crippen molar-refractivity contribution in [3.63, 3.8) is 0 Å². The van der Waals surface area contributed by atoms with Gasteiger partial charge in [-0.05, 0) is 103 Å². The molecule has 11 nitrogen and oxygen atoms in total. The molecule has 0 amide bonds.